The van der Waals surface area contributed by atoms with Crippen LogP contribution in [0.2, 0.25) is 0 Å². The summed E-state index contributed by atoms with van der Waals surface area (Å²) in [6, 6.07) is 13.0. The van der Waals surface area contributed by atoms with Crippen LogP contribution < -0.4 is 5.32 Å². The van der Waals surface area contributed by atoms with Crippen LogP contribution in [-0.4, -0.2) is 27.5 Å². The van der Waals surface area contributed by atoms with Crippen LogP contribution in [0.4, 0.5) is 5.82 Å². The molecule has 3 rings (SSSR count). The number of anilines is 1. The fourth-order valence-electron chi connectivity index (χ4n) is 2.14. The number of carbonyl (C=O) groups excluding carboxylic acids is 1. The van der Waals surface area contributed by atoms with Gasteiger partial charge in [-0.25, -0.2) is 14.8 Å². The molecule has 0 aliphatic heterocycles. The standard InChI is InChI=1S/C17H16N4O2/c1-2-23-17(22)15-16(19-11-12-7-5-6-10-18-12)21-14-9-4-3-8-13(14)20-15/h3-10H,2,11H2,1H3,(H,19,21). The lowest BCUT2D eigenvalue weighted by molar-refractivity contribution is 0.0520. The molecule has 0 atom stereocenters. The number of esters is 1. The van der Waals surface area contributed by atoms with Gasteiger partial charge < -0.3 is 10.1 Å². The van der Waals surface area contributed by atoms with Crippen LogP contribution in [0.15, 0.2) is 48.7 Å². The molecule has 23 heavy (non-hydrogen) atoms. The van der Waals surface area contributed by atoms with E-state index in [2.05, 4.69) is 20.3 Å². The van der Waals surface area contributed by atoms with Gasteiger partial charge >= 0.3 is 5.97 Å². The molecule has 1 N–H and O–H groups in total. The van der Waals surface area contributed by atoms with Gasteiger partial charge in [-0.2, -0.15) is 0 Å². The quantitative estimate of drug-likeness (QED) is 0.730. The highest BCUT2D eigenvalue weighted by atomic mass is 16.5. The molecule has 3 aromatic rings. The highest BCUT2D eigenvalue weighted by Gasteiger charge is 2.17. The third kappa shape index (κ3) is 3.42. The summed E-state index contributed by atoms with van der Waals surface area (Å²) in [6.07, 6.45) is 1.72. The number of aromatic nitrogens is 3. The number of carbonyl (C=O) groups is 1. The Labute approximate surface area is 133 Å². The van der Waals surface area contributed by atoms with E-state index in [1.165, 1.54) is 0 Å². The van der Waals surface area contributed by atoms with Crippen molar-refractivity contribution in [3.05, 3.63) is 60.0 Å². The molecule has 1 aromatic carbocycles. The smallest absolute Gasteiger partial charge is 0.360 e. The maximum Gasteiger partial charge on any atom is 0.360 e. The van der Waals surface area contributed by atoms with Crippen molar-refractivity contribution in [2.75, 3.05) is 11.9 Å². The Bertz CT molecular complexity index is 821. The van der Waals surface area contributed by atoms with Crippen LogP contribution >= 0.6 is 0 Å². The summed E-state index contributed by atoms with van der Waals surface area (Å²) in [5.41, 5.74) is 2.39. The molecule has 0 amide bonds. The van der Waals surface area contributed by atoms with Gasteiger partial charge in [0.2, 0.25) is 0 Å². The largest absolute Gasteiger partial charge is 0.461 e. The first-order chi connectivity index (χ1) is 11.3. The number of fused-ring (bicyclic) bond motifs is 1. The molecular formula is C17H16N4O2. The number of ether oxygens (including phenoxy) is 1. The molecule has 116 valence electrons. The van der Waals surface area contributed by atoms with Crippen molar-refractivity contribution < 1.29 is 9.53 Å². The molecule has 0 bridgehead atoms. The maximum absolute atomic E-state index is 12.1. The van der Waals surface area contributed by atoms with Gasteiger partial charge in [-0.3, -0.25) is 4.98 Å². The third-order valence-corrected chi connectivity index (χ3v) is 3.20. The second-order valence-electron chi connectivity index (χ2n) is 4.80. The minimum atomic E-state index is -0.491. The van der Waals surface area contributed by atoms with Gasteiger partial charge in [0, 0.05) is 6.20 Å². The van der Waals surface area contributed by atoms with Crippen LogP contribution in [0.25, 0.3) is 11.0 Å². The number of rotatable bonds is 5. The zero-order valence-corrected chi connectivity index (χ0v) is 12.7. The van der Waals surface area contributed by atoms with Gasteiger partial charge in [0.15, 0.2) is 11.5 Å². The van der Waals surface area contributed by atoms with Crippen LogP contribution in [0.1, 0.15) is 23.1 Å². The number of nitrogens with zero attached hydrogens (tertiary/aromatic N) is 3. The van der Waals surface area contributed by atoms with E-state index < -0.39 is 5.97 Å². The SMILES string of the molecule is CCOC(=O)c1nc2ccccc2nc1NCc1ccccn1. The normalized spacial score (nSPS) is 10.5. The summed E-state index contributed by atoms with van der Waals surface area (Å²) < 4.78 is 5.07. The highest BCUT2D eigenvalue weighted by Crippen LogP contribution is 2.18. The zero-order chi connectivity index (χ0) is 16.1. The van der Waals surface area contributed by atoms with E-state index in [1.54, 1.807) is 13.1 Å². The molecule has 2 heterocycles. The molecule has 0 saturated carbocycles. The lowest BCUT2D eigenvalue weighted by Crippen LogP contribution is -2.14. The second-order valence-corrected chi connectivity index (χ2v) is 4.80. The average molecular weight is 308 g/mol. The van der Waals surface area contributed by atoms with Gasteiger partial charge in [-0.15, -0.1) is 0 Å². The van der Waals surface area contributed by atoms with Gasteiger partial charge in [0.1, 0.15) is 0 Å². The first-order valence-corrected chi connectivity index (χ1v) is 7.35. The van der Waals surface area contributed by atoms with Gasteiger partial charge in [0.25, 0.3) is 0 Å². The molecule has 6 heteroatoms. The number of para-hydroxylation sites is 2. The van der Waals surface area contributed by atoms with Crippen molar-refractivity contribution in [1.82, 2.24) is 15.0 Å². The van der Waals surface area contributed by atoms with E-state index >= 15 is 0 Å². The van der Waals surface area contributed by atoms with E-state index in [-0.39, 0.29) is 12.3 Å². The Balaban J connectivity index is 1.95. The van der Waals surface area contributed by atoms with E-state index in [0.717, 1.165) is 5.69 Å². The van der Waals surface area contributed by atoms with Crippen molar-refractivity contribution >= 4 is 22.8 Å². The molecule has 0 unspecified atom stereocenters. The third-order valence-electron chi connectivity index (χ3n) is 3.20. The molecule has 0 aliphatic rings. The predicted octanol–water partition coefficient (Wildman–Crippen LogP) is 2.81. The predicted molar refractivity (Wildman–Crippen MR) is 87.1 cm³/mol. The monoisotopic (exact) mass is 308 g/mol. The first-order valence-electron chi connectivity index (χ1n) is 7.35. The molecule has 0 radical (unpaired) electrons. The second kappa shape index (κ2) is 6.83. The summed E-state index contributed by atoms with van der Waals surface area (Å²) in [4.78, 5) is 25.3. The van der Waals surface area contributed by atoms with Crippen LogP contribution in [0, 0.1) is 0 Å². The minimum Gasteiger partial charge on any atom is -0.461 e. The van der Waals surface area contributed by atoms with Crippen LogP contribution in [-0.2, 0) is 11.3 Å². The Morgan fingerprint density at radius 1 is 1.09 bits per heavy atom. The van der Waals surface area contributed by atoms with Crippen molar-refractivity contribution in [1.29, 1.82) is 0 Å². The molecular weight excluding hydrogens is 292 g/mol. The van der Waals surface area contributed by atoms with E-state index in [4.69, 9.17) is 4.74 Å². The topological polar surface area (TPSA) is 77.0 Å². The van der Waals surface area contributed by atoms with Crippen molar-refractivity contribution in [3.63, 3.8) is 0 Å². The highest BCUT2D eigenvalue weighted by molar-refractivity contribution is 5.95. The van der Waals surface area contributed by atoms with Crippen molar-refractivity contribution in [2.45, 2.75) is 13.5 Å². The summed E-state index contributed by atoms with van der Waals surface area (Å²) in [6.45, 7) is 2.49. The Morgan fingerprint density at radius 3 is 2.52 bits per heavy atom. The molecule has 0 aliphatic carbocycles. The number of hydrogen-bond donors (Lipinski definition) is 1. The number of hydrogen-bond acceptors (Lipinski definition) is 6. The number of pyridine rings is 1. The zero-order valence-electron chi connectivity index (χ0n) is 12.7. The number of nitrogens with one attached hydrogen (secondary N) is 1. The summed E-state index contributed by atoms with van der Waals surface area (Å²) >= 11 is 0. The van der Waals surface area contributed by atoms with E-state index in [1.807, 2.05) is 42.5 Å². The summed E-state index contributed by atoms with van der Waals surface area (Å²) in [5, 5.41) is 3.12. The Kier molecular flexibility index (Phi) is 4.42. The first kappa shape index (κ1) is 14.9. The van der Waals surface area contributed by atoms with Gasteiger partial charge in [-0.1, -0.05) is 18.2 Å². The molecule has 0 saturated heterocycles. The average Bonchev–Trinajstić information content (AvgIpc) is 2.60. The molecule has 0 fully saturated rings. The van der Waals surface area contributed by atoms with Crippen LogP contribution in [0.5, 0.6) is 0 Å². The van der Waals surface area contributed by atoms with Crippen LogP contribution in [0.3, 0.4) is 0 Å². The fourth-order valence-corrected chi connectivity index (χ4v) is 2.14. The maximum atomic E-state index is 12.1. The summed E-state index contributed by atoms with van der Waals surface area (Å²) in [5.74, 6) is -0.0953. The van der Waals surface area contributed by atoms with Crippen molar-refractivity contribution in [3.8, 4) is 0 Å². The summed E-state index contributed by atoms with van der Waals surface area (Å²) in [7, 11) is 0. The molecule has 6 nitrogen and oxygen atoms in total. The van der Waals surface area contributed by atoms with Crippen molar-refractivity contribution in [2.24, 2.45) is 0 Å². The minimum absolute atomic E-state index is 0.182. The lowest BCUT2D eigenvalue weighted by Gasteiger charge is -2.11. The molecule has 2 aromatic heterocycles. The van der Waals surface area contributed by atoms with Gasteiger partial charge in [0.05, 0.1) is 29.9 Å². The Morgan fingerprint density at radius 2 is 1.83 bits per heavy atom. The van der Waals surface area contributed by atoms with E-state index in [0.29, 0.717) is 23.4 Å². The number of benzene rings is 1. The van der Waals surface area contributed by atoms with E-state index in [9.17, 15) is 4.79 Å². The fraction of sp³-hybridized carbons (Fsp3) is 0.176. The molecule has 0 spiro atoms. The Hall–Kier alpha value is -3.02. The lowest BCUT2D eigenvalue weighted by atomic mass is 10.2. The van der Waals surface area contributed by atoms with Gasteiger partial charge in [-0.05, 0) is 31.2 Å².